The molecule has 0 saturated heterocycles. The SMILES string of the molecule is C1=CCC=C(c2ccccc2-c2ccccc2-c2cccc(-c3nc(-c4ccccc4)nc(-c4ccccc4-c4ccccc4C4C=CCCC4)n3)c2)C(c2ccccc2)=C1. The summed E-state index contributed by atoms with van der Waals surface area (Å²) in [5.41, 5.74) is 16.0. The summed E-state index contributed by atoms with van der Waals surface area (Å²) in [4.78, 5) is 15.7. The predicted molar refractivity (Wildman–Crippen MR) is 254 cm³/mol. The number of benzene rings is 7. The van der Waals surface area contributed by atoms with E-state index >= 15 is 0 Å². The number of hydrogen-bond acceptors (Lipinski definition) is 3. The summed E-state index contributed by atoms with van der Waals surface area (Å²) in [7, 11) is 0. The monoisotopic (exact) mass is 783 g/mol. The van der Waals surface area contributed by atoms with Gasteiger partial charge in [-0.05, 0) is 93.0 Å². The quantitative estimate of drug-likeness (QED) is 0.137. The summed E-state index contributed by atoms with van der Waals surface area (Å²) in [6.07, 6.45) is 18.1. The Balaban J connectivity index is 1.09. The van der Waals surface area contributed by atoms with Crippen molar-refractivity contribution in [2.45, 2.75) is 31.6 Å². The van der Waals surface area contributed by atoms with Crippen molar-refractivity contribution >= 4 is 11.1 Å². The van der Waals surface area contributed by atoms with Gasteiger partial charge in [-0.25, -0.2) is 15.0 Å². The average Bonchev–Trinajstić information content (AvgIpc) is 3.61. The van der Waals surface area contributed by atoms with E-state index in [0.717, 1.165) is 52.6 Å². The van der Waals surface area contributed by atoms with Crippen LogP contribution in [0.3, 0.4) is 0 Å². The zero-order chi connectivity index (χ0) is 40.8. The van der Waals surface area contributed by atoms with E-state index in [-0.39, 0.29) is 0 Å². The van der Waals surface area contributed by atoms with Crippen molar-refractivity contribution in [2.24, 2.45) is 0 Å². The van der Waals surface area contributed by atoms with Gasteiger partial charge < -0.3 is 0 Å². The summed E-state index contributed by atoms with van der Waals surface area (Å²) >= 11 is 0. The largest absolute Gasteiger partial charge is 0.208 e. The number of aromatic nitrogens is 3. The molecular formula is C58H45N3. The Morgan fingerprint density at radius 2 is 0.934 bits per heavy atom. The molecule has 3 heteroatoms. The molecule has 1 heterocycles. The van der Waals surface area contributed by atoms with Crippen LogP contribution in [0.1, 0.15) is 48.3 Å². The Labute approximate surface area is 358 Å². The normalized spacial score (nSPS) is 14.9. The number of hydrogen-bond donors (Lipinski definition) is 0. The summed E-state index contributed by atoms with van der Waals surface area (Å²) in [6, 6.07) is 64.6. The fraction of sp³-hybridized carbons (Fsp3) is 0.0862. The molecule has 0 amide bonds. The zero-order valence-corrected chi connectivity index (χ0v) is 34.0. The molecule has 0 N–H and O–H groups in total. The van der Waals surface area contributed by atoms with E-state index < -0.39 is 0 Å². The summed E-state index contributed by atoms with van der Waals surface area (Å²) < 4.78 is 0. The van der Waals surface area contributed by atoms with Gasteiger partial charge in [0.2, 0.25) is 0 Å². The van der Waals surface area contributed by atoms with Crippen LogP contribution >= 0.6 is 0 Å². The van der Waals surface area contributed by atoms with Crippen molar-refractivity contribution in [3.63, 3.8) is 0 Å². The second-order valence-corrected chi connectivity index (χ2v) is 15.7. The zero-order valence-electron chi connectivity index (χ0n) is 34.0. The summed E-state index contributed by atoms with van der Waals surface area (Å²) in [5, 5.41) is 0. The standard InChI is InChI=1S/C58H45N3/c1-5-22-41(23-6-1)46-30-11-4-12-33-49(46)52-36-17-18-37-53(52)51-35-16-14-32-48(51)44-28-21-29-45(40-44)57-59-56(43-26-9-3-10-27-43)60-58(61-57)55-39-20-19-38-54(55)50-34-15-13-31-47(50)42-24-7-2-8-25-42/h1,3-7,9-11,13-24,26-40,42H,2,8,12,25H2. The Bertz CT molecular complexity index is 2970. The van der Waals surface area contributed by atoms with Crippen molar-refractivity contribution in [3.05, 3.63) is 235 Å². The first kappa shape index (κ1) is 37.8. The van der Waals surface area contributed by atoms with Gasteiger partial charge in [0.15, 0.2) is 17.5 Å². The van der Waals surface area contributed by atoms with Crippen molar-refractivity contribution in [2.75, 3.05) is 0 Å². The molecule has 0 saturated carbocycles. The Morgan fingerprint density at radius 1 is 0.393 bits per heavy atom. The van der Waals surface area contributed by atoms with E-state index in [9.17, 15) is 0 Å². The van der Waals surface area contributed by atoms with Crippen LogP contribution in [0, 0.1) is 0 Å². The first-order chi connectivity index (χ1) is 30.3. The maximum absolute atomic E-state index is 5.31. The highest BCUT2D eigenvalue weighted by Crippen LogP contribution is 2.43. The Kier molecular flexibility index (Phi) is 10.8. The molecule has 1 unspecified atom stereocenters. The van der Waals surface area contributed by atoms with Crippen LogP contribution in [0.15, 0.2) is 218 Å². The number of allylic oxidation sites excluding steroid dienone is 8. The molecule has 8 aromatic rings. The van der Waals surface area contributed by atoms with Crippen LogP contribution in [0.5, 0.6) is 0 Å². The van der Waals surface area contributed by atoms with Crippen LogP contribution in [0.2, 0.25) is 0 Å². The minimum Gasteiger partial charge on any atom is -0.208 e. The fourth-order valence-corrected chi connectivity index (χ4v) is 8.89. The molecule has 1 aromatic heterocycles. The van der Waals surface area contributed by atoms with Crippen molar-refractivity contribution < 1.29 is 0 Å². The lowest BCUT2D eigenvalue weighted by atomic mass is 9.83. The minimum absolute atomic E-state index is 0.382. The maximum Gasteiger partial charge on any atom is 0.164 e. The van der Waals surface area contributed by atoms with Crippen LogP contribution in [0.25, 0.3) is 78.7 Å². The molecule has 61 heavy (non-hydrogen) atoms. The second-order valence-electron chi connectivity index (χ2n) is 15.7. The van der Waals surface area contributed by atoms with E-state index in [4.69, 9.17) is 15.0 Å². The second kappa shape index (κ2) is 17.4. The predicted octanol–water partition coefficient (Wildman–Crippen LogP) is 15.1. The van der Waals surface area contributed by atoms with Gasteiger partial charge in [0.25, 0.3) is 0 Å². The topological polar surface area (TPSA) is 38.7 Å². The van der Waals surface area contributed by atoms with Crippen molar-refractivity contribution in [1.82, 2.24) is 15.0 Å². The molecule has 10 rings (SSSR count). The van der Waals surface area contributed by atoms with Crippen LogP contribution in [0.4, 0.5) is 0 Å². The Morgan fingerprint density at radius 3 is 1.66 bits per heavy atom. The van der Waals surface area contributed by atoms with E-state index in [2.05, 4.69) is 200 Å². The smallest absolute Gasteiger partial charge is 0.164 e. The van der Waals surface area contributed by atoms with Gasteiger partial charge in [-0.2, -0.15) is 0 Å². The lowest BCUT2D eigenvalue weighted by Crippen LogP contribution is -2.03. The molecule has 2 aliphatic carbocycles. The van der Waals surface area contributed by atoms with Gasteiger partial charge in [0.05, 0.1) is 0 Å². The first-order valence-electron chi connectivity index (χ1n) is 21.4. The molecule has 0 aliphatic heterocycles. The van der Waals surface area contributed by atoms with E-state index in [1.54, 1.807) is 0 Å². The third kappa shape index (κ3) is 7.87. The highest BCUT2D eigenvalue weighted by Gasteiger charge is 2.22. The summed E-state index contributed by atoms with van der Waals surface area (Å²) in [5.74, 6) is 2.32. The average molecular weight is 784 g/mol. The molecule has 0 spiro atoms. The summed E-state index contributed by atoms with van der Waals surface area (Å²) in [6.45, 7) is 0. The lowest BCUT2D eigenvalue weighted by Gasteiger charge is -2.21. The van der Waals surface area contributed by atoms with Gasteiger partial charge in [-0.15, -0.1) is 0 Å². The highest BCUT2D eigenvalue weighted by molar-refractivity contribution is 6.09. The van der Waals surface area contributed by atoms with Crippen LogP contribution in [-0.4, -0.2) is 15.0 Å². The molecular weight excluding hydrogens is 739 g/mol. The molecule has 0 radical (unpaired) electrons. The molecule has 7 aromatic carbocycles. The highest BCUT2D eigenvalue weighted by atomic mass is 15.0. The van der Waals surface area contributed by atoms with Crippen molar-refractivity contribution in [3.8, 4) is 67.5 Å². The maximum atomic E-state index is 5.31. The van der Waals surface area contributed by atoms with Gasteiger partial charge in [0.1, 0.15) is 0 Å². The van der Waals surface area contributed by atoms with Gasteiger partial charge >= 0.3 is 0 Å². The molecule has 0 bridgehead atoms. The van der Waals surface area contributed by atoms with Crippen LogP contribution in [-0.2, 0) is 0 Å². The third-order valence-corrected chi connectivity index (χ3v) is 11.8. The van der Waals surface area contributed by atoms with Gasteiger partial charge in [-0.3, -0.25) is 0 Å². The molecule has 2 aliphatic rings. The van der Waals surface area contributed by atoms with E-state index in [1.807, 2.05) is 18.2 Å². The number of rotatable bonds is 9. The first-order valence-corrected chi connectivity index (χ1v) is 21.4. The lowest BCUT2D eigenvalue weighted by molar-refractivity contribution is 0.655. The fourth-order valence-electron chi connectivity index (χ4n) is 8.89. The van der Waals surface area contributed by atoms with Gasteiger partial charge in [0, 0.05) is 22.6 Å². The molecule has 3 nitrogen and oxygen atoms in total. The van der Waals surface area contributed by atoms with E-state index in [0.29, 0.717) is 23.4 Å². The molecule has 0 fully saturated rings. The van der Waals surface area contributed by atoms with Gasteiger partial charge in [-0.1, -0.05) is 212 Å². The minimum atomic E-state index is 0.382. The number of nitrogens with zero attached hydrogens (tertiary/aromatic N) is 3. The van der Waals surface area contributed by atoms with Crippen LogP contribution < -0.4 is 0 Å². The Hall–Kier alpha value is -7.49. The molecule has 1 atom stereocenters. The van der Waals surface area contributed by atoms with E-state index in [1.165, 1.54) is 50.9 Å². The third-order valence-electron chi connectivity index (χ3n) is 11.8. The van der Waals surface area contributed by atoms with Crippen molar-refractivity contribution in [1.29, 1.82) is 0 Å². The molecule has 292 valence electrons.